The molecule has 0 saturated carbocycles. The second kappa shape index (κ2) is 17.1. The monoisotopic (exact) mass is 656 g/mol. The van der Waals surface area contributed by atoms with Gasteiger partial charge < -0.3 is 0 Å². The molecule has 0 aliphatic rings. The van der Waals surface area contributed by atoms with Gasteiger partial charge >= 0.3 is 0 Å². The molecule has 0 aliphatic carbocycles. The molecule has 6 aromatic rings. The largest absolute Gasteiger partial charge is 0.0703 e. The molecule has 224 valence electrons. The fourth-order valence-electron chi connectivity index (χ4n) is 5.69. The first-order valence-corrected chi connectivity index (χ1v) is 22.2. The van der Waals surface area contributed by atoms with Gasteiger partial charge in [0.2, 0.25) is 0 Å². The first-order chi connectivity index (χ1) is 22.3. The second-order valence-corrected chi connectivity index (χ2v) is 21.2. The van der Waals surface area contributed by atoms with Crippen molar-refractivity contribution >= 4 is 63.5 Å². The molecule has 0 N–H and O–H groups in total. The van der Waals surface area contributed by atoms with Gasteiger partial charge in [0.15, 0.2) is 0 Å². The van der Waals surface area contributed by atoms with E-state index in [-0.39, 0.29) is 15.8 Å². The fourth-order valence-corrected chi connectivity index (χ4v) is 19.2. The molecule has 0 nitrogen and oxygen atoms in total. The van der Waals surface area contributed by atoms with E-state index in [4.69, 9.17) is 0 Å². The Bertz CT molecular complexity index is 1460. The zero-order chi connectivity index (χ0) is 30.5. The van der Waals surface area contributed by atoms with Crippen LogP contribution in [0.3, 0.4) is 0 Å². The molecule has 0 aliphatic heterocycles. The molecule has 0 spiro atoms. The lowest BCUT2D eigenvalue weighted by Gasteiger charge is -2.28. The normalized spacial score (nSPS) is 12.7. The Morgan fingerprint density at radius 2 is 0.489 bits per heavy atom. The van der Waals surface area contributed by atoms with Crippen molar-refractivity contribution in [1.29, 1.82) is 0 Å². The highest BCUT2D eigenvalue weighted by molar-refractivity contribution is 7.86. The van der Waals surface area contributed by atoms with Gasteiger partial charge in [0.1, 0.15) is 0 Å². The molecule has 0 heterocycles. The number of hydrogen-bond donors (Lipinski definition) is 0. The summed E-state index contributed by atoms with van der Waals surface area (Å²) < 4.78 is 0. The maximum atomic E-state index is 2.39. The minimum absolute atomic E-state index is 0.305. The van der Waals surface area contributed by atoms with Crippen LogP contribution in [-0.2, 0) is 0 Å². The molecule has 2 unspecified atom stereocenters. The lowest BCUT2D eigenvalue weighted by atomic mass is 10.4. The Morgan fingerprint density at radius 3 is 0.733 bits per heavy atom. The van der Waals surface area contributed by atoms with Crippen LogP contribution in [0.15, 0.2) is 182 Å². The third-order valence-electron chi connectivity index (χ3n) is 7.99. The summed E-state index contributed by atoms with van der Waals surface area (Å²) in [5, 5.41) is 9.06. The second-order valence-electron chi connectivity index (χ2n) is 11.0. The zero-order valence-electron chi connectivity index (χ0n) is 25.6. The smallest absolute Gasteiger partial charge is 0.0000326 e. The molecule has 0 aromatic heterocycles. The van der Waals surface area contributed by atoms with E-state index in [1.807, 2.05) is 0 Å². The molecule has 0 radical (unpaired) electrons. The molecular weight excluding hydrogens is 616 g/mol. The van der Waals surface area contributed by atoms with Crippen molar-refractivity contribution < 1.29 is 0 Å². The number of hydrogen-bond acceptors (Lipinski definition) is 0. The number of benzene rings is 6. The summed E-state index contributed by atoms with van der Waals surface area (Å²) in [4.78, 5) is 0. The van der Waals surface area contributed by atoms with E-state index in [1.165, 1.54) is 51.8 Å². The SMILES string of the molecule is c1ccc(P(CCCP(CP(c2ccccc2)c2ccccc2)c2ccccc2)CP(c2ccccc2)c2ccccc2)cc1. The molecule has 0 bridgehead atoms. The van der Waals surface area contributed by atoms with Crippen LogP contribution < -0.4 is 31.8 Å². The Labute approximate surface area is 275 Å². The molecule has 6 aromatic carbocycles. The van der Waals surface area contributed by atoms with Crippen LogP contribution in [0.5, 0.6) is 0 Å². The summed E-state index contributed by atoms with van der Waals surface area (Å²) >= 11 is 0. The van der Waals surface area contributed by atoms with E-state index < -0.39 is 15.8 Å². The molecule has 4 heteroatoms. The first kappa shape index (κ1) is 32.0. The summed E-state index contributed by atoms with van der Waals surface area (Å²) in [5.74, 6) is 2.49. The summed E-state index contributed by atoms with van der Waals surface area (Å²) in [6, 6.07) is 67.9. The first-order valence-electron chi connectivity index (χ1n) is 15.7. The van der Waals surface area contributed by atoms with Gasteiger partial charge in [-0.1, -0.05) is 198 Å². The third kappa shape index (κ3) is 9.07. The topological polar surface area (TPSA) is 0 Å². The van der Waals surface area contributed by atoms with Crippen LogP contribution in [0, 0.1) is 0 Å². The van der Waals surface area contributed by atoms with E-state index in [0.29, 0.717) is 0 Å². The summed E-state index contributed by atoms with van der Waals surface area (Å²) in [5.41, 5.74) is 0. The maximum absolute atomic E-state index is 2.39. The Kier molecular flexibility index (Phi) is 12.2. The van der Waals surface area contributed by atoms with E-state index in [9.17, 15) is 0 Å². The van der Waals surface area contributed by atoms with Gasteiger partial charge in [-0.2, -0.15) is 0 Å². The minimum Gasteiger partial charge on any atom is -0.0703 e. The highest BCUT2D eigenvalue weighted by atomic mass is 31.2. The van der Waals surface area contributed by atoms with Crippen molar-refractivity contribution in [2.45, 2.75) is 6.42 Å². The van der Waals surface area contributed by atoms with Crippen LogP contribution in [0.1, 0.15) is 6.42 Å². The molecule has 45 heavy (non-hydrogen) atoms. The Balaban J connectivity index is 1.26. The van der Waals surface area contributed by atoms with E-state index in [0.717, 1.165) is 0 Å². The predicted molar refractivity (Wildman–Crippen MR) is 208 cm³/mol. The van der Waals surface area contributed by atoms with Gasteiger partial charge in [0.25, 0.3) is 0 Å². The summed E-state index contributed by atoms with van der Waals surface area (Å²) in [6.45, 7) is 0. The fraction of sp³-hybridized carbons (Fsp3) is 0.122. The molecular formula is C41H40P4. The van der Waals surface area contributed by atoms with Crippen molar-refractivity contribution in [2.24, 2.45) is 0 Å². The van der Waals surface area contributed by atoms with Crippen LogP contribution in [0.4, 0.5) is 0 Å². The Hall–Kier alpha value is -2.96. The van der Waals surface area contributed by atoms with Crippen LogP contribution in [0.2, 0.25) is 0 Å². The van der Waals surface area contributed by atoms with Crippen LogP contribution in [0.25, 0.3) is 0 Å². The summed E-state index contributed by atoms with van der Waals surface area (Å²) in [6.07, 6.45) is 3.82. The lowest BCUT2D eigenvalue weighted by Crippen LogP contribution is -2.18. The average molecular weight is 657 g/mol. The summed E-state index contributed by atoms with van der Waals surface area (Å²) in [7, 11) is -1.46. The highest BCUT2D eigenvalue weighted by Crippen LogP contribution is 2.52. The zero-order valence-corrected chi connectivity index (χ0v) is 29.2. The van der Waals surface area contributed by atoms with Gasteiger partial charge in [-0.15, -0.1) is 0 Å². The molecule has 2 atom stereocenters. The highest BCUT2D eigenvalue weighted by Gasteiger charge is 2.24. The maximum Gasteiger partial charge on any atom is 0.0000326 e. The van der Waals surface area contributed by atoms with Crippen molar-refractivity contribution in [3.63, 3.8) is 0 Å². The van der Waals surface area contributed by atoms with Gasteiger partial charge in [-0.05, 0) is 66.4 Å². The molecule has 0 saturated heterocycles. The minimum atomic E-state index is -0.427. The third-order valence-corrected chi connectivity index (χ3v) is 20.4. The van der Waals surface area contributed by atoms with Crippen LogP contribution in [-0.4, -0.2) is 24.1 Å². The van der Waals surface area contributed by atoms with Crippen molar-refractivity contribution in [3.05, 3.63) is 182 Å². The molecule has 6 rings (SSSR count). The van der Waals surface area contributed by atoms with E-state index >= 15 is 0 Å². The van der Waals surface area contributed by atoms with Crippen molar-refractivity contribution in [3.8, 4) is 0 Å². The van der Waals surface area contributed by atoms with Crippen molar-refractivity contribution in [2.75, 3.05) is 24.1 Å². The van der Waals surface area contributed by atoms with Gasteiger partial charge in [0.05, 0.1) is 0 Å². The molecule has 0 amide bonds. The Morgan fingerprint density at radius 1 is 0.267 bits per heavy atom. The van der Waals surface area contributed by atoms with Crippen LogP contribution >= 0.6 is 31.7 Å². The van der Waals surface area contributed by atoms with E-state index in [2.05, 4.69) is 182 Å². The van der Waals surface area contributed by atoms with Gasteiger partial charge in [-0.25, -0.2) is 0 Å². The van der Waals surface area contributed by atoms with E-state index in [1.54, 1.807) is 10.6 Å². The van der Waals surface area contributed by atoms with Gasteiger partial charge in [0, 0.05) is 11.8 Å². The van der Waals surface area contributed by atoms with Crippen molar-refractivity contribution in [1.82, 2.24) is 0 Å². The standard InChI is InChI=1S/C41H40P4/c1-7-20-36(21-8-1)42(34-44(38-24-11-3-12-25-38)39-26-13-4-14-27-39)32-19-33-43(37-22-9-2-10-23-37)35-45(40-28-15-5-16-29-40)41-30-17-6-18-31-41/h1-18,20-31H,19,32-35H2. The average Bonchev–Trinajstić information content (AvgIpc) is 3.13. The quantitative estimate of drug-likeness (QED) is 0.103. The van der Waals surface area contributed by atoms with Gasteiger partial charge in [-0.3, -0.25) is 0 Å². The predicted octanol–water partition coefficient (Wildman–Crippen LogP) is 9.17. The lowest BCUT2D eigenvalue weighted by molar-refractivity contribution is 1.11. The number of rotatable bonds is 14. The molecule has 0 fully saturated rings.